The molecule has 0 aliphatic carbocycles. The summed E-state index contributed by atoms with van der Waals surface area (Å²) in [4.78, 5) is 2.50. The molecule has 1 aromatic carbocycles. The second-order valence-electron chi connectivity index (χ2n) is 5.41. The van der Waals surface area contributed by atoms with Crippen LogP contribution in [0.15, 0.2) is 18.2 Å². The van der Waals surface area contributed by atoms with Crippen LogP contribution in [-0.2, 0) is 0 Å². The zero-order valence-electron chi connectivity index (χ0n) is 10.2. The molecule has 1 atom stereocenters. The molecule has 1 aromatic rings. The molecule has 3 heterocycles. The summed E-state index contributed by atoms with van der Waals surface area (Å²) in [7, 11) is 0. The summed E-state index contributed by atoms with van der Waals surface area (Å²) in [6.07, 6.45) is 2.57. The predicted octanol–water partition coefficient (Wildman–Crippen LogP) is 2.64. The molecule has 92 valence electrons. The number of nitrogens with one attached hydrogen (secondary N) is 1. The molecule has 0 amide bonds. The molecule has 2 bridgehead atoms. The predicted molar refractivity (Wildman–Crippen MR) is 67.7 cm³/mol. The van der Waals surface area contributed by atoms with Gasteiger partial charge in [0.1, 0.15) is 5.82 Å². The quantitative estimate of drug-likeness (QED) is 0.846. The number of anilines is 1. The SMILES string of the molecule is Cc1cc(F)cc(NC2CN3CCC2CC3)c1. The van der Waals surface area contributed by atoms with Gasteiger partial charge in [-0.25, -0.2) is 4.39 Å². The van der Waals surface area contributed by atoms with Crippen LogP contribution in [-0.4, -0.2) is 30.6 Å². The van der Waals surface area contributed by atoms with Crippen LogP contribution >= 0.6 is 0 Å². The minimum Gasteiger partial charge on any atom is -0.381 e. The molecule has 3 fully saturated rings. The molecule has 4 rings (SSSR count). The summed E-state index contributed by atoms with van der Waals surface area (Å²) in [5.74, 6) is 0.623. The number of hydrogen-bond acceptors (Lipinski definition) is 2. The summed E-state index contributed by atoms with van der Waals surface area (Å²) in [6.45, 7) is 5.53. The molecule has 1 unspecified atom stereocenters. The Morgan fingerprint density at radius 2 is 2.00 bits per heavy atom. The van der Waals surface area contributed by atoms with E-state index in [9.17, 15) is 4.39 Å². The second-order valence-corrected chi connectivity index (χ2v) is 5.41. The van der Waals surface area contributed by atoms with E-state index < -0.39 is 0 Å². The van der Waals surface area contributed by atoms with Crippen molar-refractivity contribution in [3.63, 3.8) is 0 Å². The molecule has 3 saturated heterocycles. The van der Waals surface area contributed by atoms with Gasteiger partial charge in [0.05, 0.1) is 0 Å². The van der Waals surface area contributed by atoms with Crippen LogP contribution in [0.4, 0.5) is 10.1 Å². The number of nitrogens with zero attached hydrogens (tertiary/aromatic N) is 1. The van der Waals surface area contributed by atoms with Crippen molar-refractivity contribution < 1.29 is 4.39 Å². The van der Waals surface area contributed by atoms with Gasteiger partial charge in [-0.1, -0.05) is 0 Å². The lowest BCUT2D eigenvalue weighted by atomic mass is 9.84. The van der Waals surface area contributed by atoms with Gasteiger partial charge in [-0.2, -0.15) is 0 Å². The lowest BCUT2D eigenvalue weighted by Crippen LogP contribution is -2.53. The van der Waals surface area contributed by atoms with Crippen molar-refractivity contribution in [2.45, 2.75) is 25.8 Å². The van der Waals surface area contributed by atoms with E-state index in [4.69, 9.17) is 0 Å². The molecule has 3 aliphatic rings. The summed E-state index contributed by atoms with van der Waals surface area (Å²) in [5.41, 5.74) is 1.91. The molecule has 0 spiro atoms. The molecule has 17 heavy (non-hydrogen) atoms. The third kappa shape index (κ3) is 2.29. The Morgan fingerprint density at radius 1 is 1.24 bits per heavy atom. The lowest BCUT2D eigenvalue weighted by Gasteiger charge is -2.45. The van der Waals surface area contributed by atoms with Crippen molar-refractivity contribution in [3.8, 4) is 0 Å². The first-order chi connectivity index (χ1) is 8.20. The average molecular weight is 234 g/mol. The van der Waals surface area contributed by atoms with Crippen molar-refractivity contribution in [2.24, 2.45) is 5.92 Å². The molecule has 3 aliphatic heterocycles. The molecular formula is C14H19FN2. The molecule has 0 radical (unpaired) electrons. The Bertz CT molecular complexity index is 390. The summed E-state index contributed by atoms with van der Waals surface area (Å²) >= 11 is 0. The summed E-state index contributed by atoms with van der Waals surface area (Å²) < 4.78 is 13.3. The normalized spacial score (nSPS) is 31.5. The highest BCUT2D eigenvalue weighted by atomic mass is 19.1. The summed E-state index contributed by atoms with van der Waals surface area (Å²) in [5, 5.41) is 3.51. The van der Waals surface area contributed by atoms with Crippen LogP contribution in [0.5, 0.6) is 0 Å². The first-order valence-electron chi connectivity index (χ1n) is 6.47. The van der Waals surface area contributed by atoms with E-state index in [2.05, 4.69) is 10.2 Å². The standard InChI is InChI=1S/C14H19FN2/c1-10-6-12(15)8-13(7-10)16-14-9-17-4-2-11(14)3-5-17/h6-8,11,14,16H,2-5,9H2,1H3. The van der Waals surface area contributed by atoms with Crippen LogP contribution in [0.3, 0.4) is 0 Å². The van der Waals surface area contributed by atoms with Crippen LogP contribution in [0.2, 0.25) is 0 Å². The van der Waals surface area contributed by atoms with Gasteiger partial charge in [0.15, 0.2) is 0 Å². The average Bonchev–Trinajstić information content (AvgIpc) is 2.29. The van der Waals surface area contributed by atoms with E-state index in [-0.39, 0.29) is 5.82 Å². The number of aryl methyl sites for hydroxylation is 1. The minimum absolute atomic E-state index is 0.145. The van der Waals surface area contributed by atoms with E-state index >= 15 is 0 Å². The van der Waals surface area contributed by atoms with Crippen molar-refractivity contribution in [2.75, 3.05) is 25.0 Å². The number of benzene rings is 1. The Kier molecular flexibility index (Phi) is 2.79. The third-order valence-electron chi connectivity index (χ3n) is 4.05. The molecule has 0 aromatic heterocycles. The van der Waals surface area contributed by atoms with Crippen molar-refractivity contribution in [1.82, 2.24) is 4.90 Å². The Balaban J connectivity index is 1.74. The first kappa shape index (κ1) is 11.0. The van der Waals surface area contributed by atoms with Gasteiger partial charge in [-0.3, -0.25) is 0 Å². The molecular weight excluding hydrogens is 215 g/mol. The molecule has 0 saturated carbocycles. The third-order valence-corrected chi connectivity index (χ3v) is 4.05. The van der Waals surface area contributed by atoms with Crippen molar-refractivity contribution >= 4 is 5.69 Å². The maximum Gasteiger partial charge on any atom is 0.125 e. The maximum atomic E-state index is 13.3. The van der Waals surface area contributed by atoms with Gasteiger partial charge < -0.3 is 10.2 Å². The monoisotopic (exact) mass is 234 g/mol. The van der Waals surface area contributed by atoms with Crippen LogP contribution in [0.1, 0.15) is 18.4 Å². The number of rotatable bonds is 2. The fourth-order valence-electron chi connectivity index (χ4n) is 3.16. The van der Waals surface area contributed by atoms with E-state index in [0.29, 0.717) is 6.04 Å². The topological polar surface area (TPSA) is 15.3 Å². The number of hydrogen-bond donors (Lipinski definition) is 1. The Hall–Kier alpha value is -1.09. The molecule has 3 heteroatoms. The highest BCUT2D eigenvalue weighted by molar-refractivity contribution is 5.47. The fraction of sp³-hybridized carbons (Fsp3) is 0.571. The fourth-order valence-corrected chi connectivity index (χ4v) is 3.16. The lowest BCUT2D eigenvalue weighted by molar-refractivity contribution is 0.0975. The van der Waals surface area contributed by atoms with Gasteiger partial charge in [-0.15, -0.1) is 0 Å². The minimum atomic E-state index is -0.145. The number of fused-ring (bicyclic) bond motifs is 3. The number of piperidine rings is 3. The van der Waals surface area contributed by atoms with E-state index in [1.165, 1.54) is 25.9 Å². The number of halogens is 1. The highest BCUT2D eigenvalue weighted by Gasteiger charge is 2.33. The zero-order valence-corrected chi connectivity index (χ0v) is 10.2. The maximum absolute atomic E-state index is 13.3. The van der Waals surface area contributed by atoms with E-state index in [1.54, 1.807) is 12.1 Å². The van der Waals surface area contributed by atoms with Gasteiger partial charge in [0.25, 0.3) is 0 Å². The summed E-state index contributed by atoms with van der Waals surface area (Å²) in [6, 6.07) is 5.70. The largest absolute Gasteiger partial charge is 0.381 e. The Labute approximate surface area is 102 Å². The van der Waals surface area contributed by atoms with Gasteiger partial charge in [0.2, 0.25) is 0 Å². The van der Waals surface area contributed by atoms with Crippen LogP contribution in [0.25, 0.3) is 0 Å². The van der Waals surface area contributed by atoms with Gasteiger partial charge in [0, 0.05) is 18.3 Å². The van der Waals surface area contributed by atoms with Crippen molar-refractivity contribution in [1.29, 1.82) is 0 Å². The smallest absolute Gasteiger partial charge is 0.125 e. The second kappa shape index (κ2) is 4.30. The highest BCUT2D eigenvalue weighted by Crippen LogP contribution is 2.30. The van der Waals surface area contributed by atoms with Gasteiger partial charge in [-0.05, 0) is 62.5 Å². The van der Waals surface area contributed by atoms with E-state index in [0.717, 1.165) is 23.7 Å². The van der Waals surface area contributed by atoms with Gasteiger partial charge >= 0.3 is 0 Å². The molecule has 2 nitrogen and oxygen atoms in total. The first-order valence-corrected chi connectivity index (χ1v) is 6.47. The zero-order chi connectivity index (χ0) is 11.8. The van der Waals surface area contributed by atoms with Crippen LogP contribution in [0, 0.1) is 18.7 Å². The molecule has 1 N–H and O–H groups in total. The van der Waals surface area contributed by atoms with Crippen LogP contribution < -0.4 is 5.32 Å². The van der Waals surface area contributed by atoms with Crippen molar-refractivity contribution in [3.05, 3.63) is 29.6 Å². The Morgan fingerprint density at radius 3 is 2.59 bits per heavy atom. The van der Waals surface area contributed by atoms with E-state index in [1.807, 2.05) is 13.0 Å².